The van der Waals surface area contributed by atoms with Crippen molar-refractivity contribution in [2.75, 3.05) is 6.54 Å². The maximum absolute atomic E-state index is 4.58. The molecule has 0 radical (unpaired) electrons. The third-order valence-electron chi connectivity index (χ3n) is 3.18. The van der Waals surface area contributed by atoms with Crippen LogP contribution in [0.15, 0.2) is 6.20 Å². The number of aromatic nitrogens is 1. The second-order valence-electron chi connectivity index (χ2n) is 4.36. The van der Waals surface area contributed by atoms with E-state index in [1.54, 1.807) is 0 Å². The second-order valence-corrected chi connectivity index (χ2v) is 5.46. The van der Waals surface area contributed by atoms with Gasteiger partial charge in [0.25, 0.3) is 0 Å². The minimum Gasteiger partial charge on any atom is -0.310 e. The zero-order chi connectivity index (χ0) is 10.7. The highest BCUT2D eigenvalue weighted by Gasteiger charge is 2.20. The Morgan fingerprint density at radius 1 is 1.53 bits per heavy atom. The Labute approximate surface area is 96.1 Å². The molecule has 2 rings (SSSR count). The maximum Gasteiger partial charge on any atom is 0.0959 e. The minimum atomic E-state index is 0.461. The molecule has 1 aromatic heterocycles. The highest BCUT2D eigenvalue weighted by Crippen LogP contribution is 2.37. The summed E-state index contributed by atoms with van der Waals surface area (Å²) in [5.74, 6) is 0.762. The third kappa shape index (κ3) is 2.58. The summed E-state index contributed by atoms with van der Waals surface area (Å²) in [6, 6.07) is 0.461. The Hall–Kier alpha value is -0.410. The number of hydrogen-bond donors (Lipinski definition) is 1. The van der Waals surface area contributed by atoms with Gasteiger partial charge in [-0.3, -0.25) is 0 Å². The van der Waals surface area contributed by atoms with Gasteiger partial charge in [-0.15, -0.1) is 11.3 Å². The van der Waals surface area contributed by atoms with Gasteiger partial charge in [-0.2, -0.15) is 0 Å². The molecule has 1 aromatic rings. The molecule has 2 nitrogen and oxygen atoms in total. The fourth-order valence-corrected chi connectivity index (χ4v) is 3.38. The van der Waals surface area contributed by atoms with Crippen LogP contribution in [0.3, 0.4) is 0 Å². The van der Waals surface area contributed by atoms with Crippen LogP contribution in [0.4, 0.5) is 0 Å². The lowest BCUT2D eigenvalue weighted by Crippen LogP contribution is -2.16. The van der Waals surface area contributed by atoms with Gasteiger partial charge in [-0.25, -0.2) is 4.98 Å². The summed E-state index contributed by atoms with van der Waals surface area (Å²) in [5, 5.41) is 4.80. The molecule has 1 atom stereocenters. The van der Waals surface area contributed by atoms with E-state index in [0.29, 0.717) is 6.04 Å². The lowest BCUT2D eigenvalue weighted by molar-refractivity contribution is 0.606. The Morgan fingerprint density at radius 3 is 2.93 bits per heavy atom. The minimum absolute atomic E-state index is 0.461. The van der Waals surface area contributed by atoms with E-state index in [9.17, 15) is 0 Å². The van der Waals surface area contributed by atoms with Crippen LogP contribution < -0.4 is 5.32 Å². The number of thiazole rings is 1. The SMILES string of the molecule is CCNC(C)c1cnc(C2CCCC2)s1. The van der Waals surface area contributed by atoms with Gasteiger partial charge in [-0.1, -0.05) is 19.8 Å². The Balaban J connectivity index is 2.02. The summed E-state index contributed by atoms with van der Waals surface area (Å²) in [6.07, 6.45) is 7.54. The first kappa shape index (κ1) is 11.1. The Morgan fingerprint density at radius 2 is 2.27 bits per heavy atom. The smallest absolute Gasteiger partial charge is 0.0959 e. The van der Waals surface area contributed by atoms with Crippen molar-refractivity contribution in [3.8, 4) is 0 Å². The topological polar surface area (TPSA) is 24.9 Å². The fraction of sp³-hybridized carbons (Fsp3) is 0.750. The van der Waals surface area contributed by atoms with Gasteiger partial charge in [0.05, 0.1) is 5.01 Å². The number of rotatable bonds is 4. The van der Waals surface area contributed by atoms with Crippen molar-refractivity contribution >= 4 is 11.3 Å². The van der Waals surface area contributed by atoms with Gasteiger partial charge in [0.15, 0.2) is 0 Å². The summed E-state index contributed by atoms with van der Waals surface area (Å²) in [4.78, 5) is 5.97. The Bertz CT molecular complexity index is 302. The van der Waals surface area contributed by atoms with Crippen LogP contribution in [0, 0.1) is 0 Å². The van der Waals surface area contributed by atoms with Crippen molar-refractivity contribution in [2.45, 2.75) is 51.5 Å². The van der Waals surface area contributed by atoms with E-state index < -0.39 is 0 Å². The predicted molar refractivity (Wildman–Crippen MR) is 65.4 cm³/mol. The van der Waals surface area contributed by atoms with Crippen LogP contribution in [0.25, 0.3) is 0 Å². The summed E-state index contributed by atoms with van der Waals surface area (Å²) in [7, 11) is 0. The second kappa shape index (κ2) is 5.08. The van der Waals surface area contributed by atoms with Crippen molar-refractivity contribution in [1.29, 1.82) is 0 Å². The standard InChI is InChI=1S/C12H20N2S/c1-3-13-9(2)11-8-14-12(15-11)10-6-4-5-7-10/h8-10,13H,3-7H2,1-2H3. The number of hydrogen-bond acceptors (Lipinski definition) is 3. The van der Waals surface area contributed by atoms with E-state index in [4.69, 9.17) is 0 Å². The molecule has 0 spiro atoms. The molecular formula is C12H20N2S. The van der Waals surface area contributed by atoms with Gasteiger partial charge in [0.1, 0.15) is 0 Å². The highest BCUT2D eigenvalue weighted by atomic mass is 32.1. The van der Waals surface area contributed by atoms with Crippen LogP contribution in [-0.4, -0.2) is 11.5 Å². The van der Waals surface area contributed by atoms with Crippen LogP contribution in [-0.2, 0) is 0 Å². The van der Waals surface area contributed by atoms with Crippen molar-refractivity contribution in [3.05, 3.63) is 16.1 Å². The monoisotopic (exact) mass is 224 g/mol. The first-order chi connectivity index (χ1) is 7.31. The van der Waals surface area contributed by atoms with Crippen LogP contribution in [0.2, 0.25) is 0 Å². The van der Waals surface area contributed by atoms with E-state index in [1.807, 2.05) is 11.3 Å². The normalized spacial score (nSPS) is 19.6. The van der Waals surface area contributed by atoms with E-state index in [0.717, 1.165) is 12.5 Å². The summed E-state index contributed by atoms with van der Waals surface area (Å²) < 4.78 is 0. The van der Waals surface area contributed by atoms with Gasteiger partial charge < -0.3 is 5.32 Å². The molecule has 1 aliphatic rings. The molecule has 3 heteroatoms. The predicted octanol–water partition coefficient (Wildman–Crippen LogP) is 3.47. The lowest BCUT2D eigenvalue weighted by atomic mass is 10.1. The average molecular weight is 224 g/mol. The number of nitrogens with one attached hydrogen (secondary N) is 1. The van der Waals surface area contributed by atoms with Crippen LogP contribution >= 0.6 is 11.3 Å². The van der Waals surface area contributed by atoms with E-state index in [-0.39, 0.29) is 0 Å². The van der Waals surface area contributed by atoms with E-state index >= 15 is 0 Å². The van der Waals surface area contributed by atoms with Crippen LogP contribution in [0.5, 0.6) is 0 Å². The quantitative estimate of drug-likeness (QED) is 0.847. The third-order valence-corrected chi connectivity index (χ3v) is 4.53. The molecule has 84 valence electrons. The van der Waals surface area contributed by atoms with E-state index in [1.165, 1.54) is 35.6 Å². The summed E-state index contributed by atoms with van der Waals surface area (Å²) in [5.41, 5.74) is 0. The molecule has 0 aliphatic heterocycles. The largest absolute Gasteiger partial charge is 0.310 e. The molecule has 1 aliphatic carbocycles. The molecule has 0 saturated heterocycles. The van der Waals surface area contributed by atoms with Gasteiger partial charge in [0, 0.05) is 23.0 Å². The van der Waals surface area contributed by atoms with Crippen molar-refractivity contribution < 1.29 is 0 Å². The maximum atomic E-state index is 4.58. The molecule has 1 heterocycles. The first-order valence-electron chi connectivity index (χ1n) is 6.00. The summed E-state index contributed by atoms with van der Waals surface area (Å²) in [6.45, 7) is 5.39. The molecule has 1 unspecified atom stereocenters. The van der Waals surface area contributed by atoms with Crippen LogP contribution in [0.1, 0.15) is 61.4 Å². The zero-order valence-electron chi connectivity index (χ0n) is 9.62. The van der Waals surface area contributed by atoms with Crippen molar-refractivity contribution in [2.24, 2.45) is 0 Å². The summed E-state index contributed by atoms with van der Waals surface area (Å²) >= 11 is 1.90. The van der Waals surface area contributed by atoms with Gasteiger partial charge >= 0.3 is 0 Å². The highest BCUT2D eigenvalue weighted by molar-refractivity contribution is 7.11. The lowest BCUT2D eigenvalue weighted by Gasteiger charge is -2.08. The molecule has 1 saturated carbocycles. The zero-order valence-corrected chi connectivity index (χ0v) is 10.4. The molecule has 0 aromatic carbocycles. The Kier molecular flexibility index (Phi) is 3.76. The van der Waals surface area contributed by atoms with Gasteiger partial charge in [-0.05, 0) is 26.3 Å². The van der Waals surface area contributed by atoms with E-state index in [2.05, 4.69) is 30.3 Å². The molecule has 1 N–H and O–H groups in total. The van der Waals surface area contributed by atoms with Crippen molar-refractivity contribution in [3.63, 3.8) is 0 Å². The fourth-order valence-electron chi connectivity index (χ4n) is 2.27. The first-order valence-corrected chi connectivity index (χ1v) is 6.82. The molecule has 0 amide bonds. The van der Waals surface area contributed by atoms with Gasteiger partial charge in [0.2, 0.25) is 0 Å². The number of nitrogens with zero attached hydrogens (tertiary/aromatic N) is 1. The average Bonchev–Trinajstić information content (AvgIpc) is 2.89. The molecule has 0 bridgehead atoms. The molecular weight excluding hydrogens is 204 g/mol. The molecule has 1 fully saturated rings. The van der Waals surface area contributed by atoms with Crippen molar-refractivity contribution in [1.82, 2.24) is 10.3 Å². The molecule has 15 heavy (non-hydrogen) atoms.